The number of ether oxygens (including phenoxy) is 1. The third-order valence-corrected chi connectivity index (χ3v) is 5.48. The first-order valence-electron chi connectivity index (χ1n) is 9.76. The number of piperazine rings is 1. The second kappa shape index (κ2) is 10.5. The van der Waals surface area contributed by atoms with Gasteiger partial charge in [0.2, 0.25) is 5.91 Å². The van der Waals surface area contributed by atoms with E-state index in [0.717, 1.165) is 0 Å². The van der Waals surface area contributed by atoms with E-state index in [1.807, 2.05) is 17.5 Å². The number of nitrogens with one attached hydrogen (secondary N) is 1. The van der Waals surface area contributed by atoms with E-state index in [4.69, 9.17) is 4.74 Å². The lowest BCUT2D eigenvalue weighted by Crippen LogP contribution is -2.51. The highest BCUT2D eigenvalue weighted by molar-refractivity contribution is 7.12. The highest BCUT2D eigenvalue weighted by atomic mass is 32.1. The minimum atomic E-state index is -0.793. The average Bonchev–Trinajstić information content (AvgIpc) is 3.32. The lowest BCUT2D eigenvalue weighted by molar-refractivity contribution is -0.150. The van der Waals surface area contributed by atoms with Crippen LogP contribution in [0.3, 0.4) is 0 Å². The predicted octanol–water partition coefficient (Wildman–Crippen LogP) is 1.75. The minimum Gasteiger partial charge on any atom is -0.451 e. The lowest BCUT2D eigenvalue weighted by Gasteiger charge is -2.34. The number of esters is 1. The van der Waals surface area contributed by atoms with Crippen molar-refractivity contribution in [3.05, 3.63) is 64.0 Å². The molecule has 1 saturated heterocycles. The Morgan fingerprint density at radius 1 is 1.00 bits per heavy atom. The molecule has 3 amide bonds. The molecule has 1 aliphatic rings. The quantitative estimate of drug-likeness (QED) is 0.544. The third kappa shape index (κ3) is 6.26. The zero-order chi connectivity index (χ0) is 22.2. The van der Waals surface area contributed by atoms with Crippen LogP contribution in [-0.4, -0.2) is 66.3 Å². The molecule has 2 heterocycles. The fourth-order valence-corrected chi connectivity index (χ4v) is 3.75. The van der Waals surface area contributed by atoms with Gasteiger partial charge >= 0.3 is 5.97 Å². The topological polar surface area (TPSA) is 96.0 Å². The highest BCUT2D eigenvalue weighted by Gasteiger charge is 2.26. The summed E-state index contributed by atoms with van der Waals surface area (Å²) in [6.07, 6.45) is 1.49. The molecular weight excluding hydrogens is 418 g/mol. The van der Waals surface area contributed by atoms with E-state index in [0.29, 0.717) is 36.6 Å². The number of rotatable bonds is 6. The Hall–Kier alpha value is -3.46. The second-order valence-corrected chi connectivity index (χ2v) is 7.82. The summed E-state index contributed by atoms with van der Waals surface area (Å²) in [5.41, 5.74) is 0.666. The monoisotopic (exact) mass is 441 g/mol. The number of hydrogen-bond acceptors (Lipinski definition) is 6. The summed E-state index contributed by atoms with van der Waals surface area (Å²) >= 11 is 1.39. The summed E-state index contributed by atoms with van der Waals surface area (Å²) in [5.74, 6) is -1.60. The summed E-state index contributed by atoms with van der Waals surface area (Å²) in [7, 11) is 0. The van der Waals surface area contributed by atoms with Crippen molar-refractivity contribution < 1.29 is 23.9 Å². The number of benzene rings is 1. The largest absolute Gasteiger partial charge is 0.451 e. The molecule has 3 rings (SSSR count). The van der Waals surface area contributed by atoms with Crippen LogP contribution in [0.2, 0.25) is 0 Å². The van der Waals surface area contributed by atoms with Crippen molar-refractivity contribution in [3.8, 4) is 0 Å². The van der Waals surface area contributed by atoms with Gasteiger partial charge in [0.1, 0.15) is 5.70 Å². The number of amides is 3. The summed E-state index contributed by atoms with van der Waals surface area (Å²) in [6, 6.07) is 12.6. The molecule has 2 aromatic rings. The molecule has 0 unspecified atom stereocenters. The maximum absolute atomic E-state index is 12.5. The normalized spacial score (nSPS) is 14.2. The van der Waals surface area contributed by atoms with Crippen LogP contribution in [0.1, 0.15) is 22.2 Å². The fraction of sp³-hybridized carbons (Fsp3) is 0.273. The first kappa shape index (κ1) is 22.2. The first-order valence-corrected chi connectivity index (χ1v) is 10.6. The lowest BCUT2D eigenvalue weighted by atomic mass is 10.2. The van der Waals surface area contributed by atoms with E-state index in [1.54, 1.807) is 40.1 Å². The molecule has 0 radical (unpaired) electrons. The van der Waals surface area contributed by atoms with E-state index in [9.17, 15) is 19.2 Å². The predicted molar refractivity (Wildman–Crippen MR) is 116 cm³/mol. The fourth-order valence-electron chi connectivity index (χ4n) is 3.06. The van der Waals surface area contributed by atoms with Gasteiger partial charge in [0.05, 0.1) is 4.88 Å². The van der Waals surface area contributed by atoms with Crippen molar-refractivity contribution in [3.63, 3.8) is 0 Å². The Balaban J connectivity index is 1.52. The molecule has 1 aromatic carbocycles. The van der Waals surface area contributed by atoms with Gasteiger partial charge in [0.25, 0.3) is 11.8 Å². The van der Waals surface area contributed by atoms with Gasteiger partial charge in [0, 0.05) is 33.1 Å². The molecule has 0 atom stereocenters. The van der Waals surface area contributed by atoms with Crippen molar-refractivity contribution in [1.82, 2.24) is 15.1 Å². The molecule has 1 fully saturated rings. The second-order valence-electron chi connectivity index (χ2n) is 6.88. The molecule has 8 nitrogen and oxygen atoms in total. The van der Waals surface area contributed by atoms with Crippen LogP contribution in [0.4, 0.5) is 0 Å². The van der Waals surface area contributed by atoms with Crippen molar-refractivity contribution in [1.29, 1.82) is 0 Å². The molecule has 31 heavy (non-hydrogen) atoms. The van der Waals surface area contributed by atoms with Gasteiger partial charge < -0.3 is 19.9 Å². The number of thiophene rings is 1. The molecule has 0 spiro atoms. The summed E-state index contributed by atoms with van der Waals surface area (Å²) < 4.78 is 5.13. The molecule has 1 aliphatic heterocycles. The van der Waals surface area contributed by atoms with Crippen molar-refractivity contribution in [2.45, 2.75) is 6.92 Å². The van der Waals surface area contributed by atoms with Crippen LogP contribution in [0.25, 0.3) is 6.08 Å². The van der Waals surface area contributed by atoms with Crippen LogP contribution in [0.15, 0.2) is 53.5 Å². The summed E-state index contributed by atoms with van der Waals surface area (Å²) in [5, 5.41) is 4.29. The summed E-state index contributed by atoms with van der Waals surface area (Å²) in [4.78, 5) is 52.6. The van der Waals surface area contributed by atoms with Crippen molar-refractivity contribution >= 4 is 41.1 Å². The third-order valence-electron chi connectivity index (χ3n) is 4.62. The Bertz CT molecular complexity index is 964. The number of carbonyl (C=O) groups is 4. The molecule has 0 aliphatic carbocycles. The first-order chi connectivity index (χ1) is 14.9. The molecule has 0 bridgehead atoms. The smallest absolute Gasteiger partial charge is 0.355 e. The van der Waals surface area contributed by atoms with Crippen LogP contribution < -0.4 is 5.32 Å². The van der Waals surface area contributed by atoms with Crippen LogP contribution in [-0.2, 0) is 19.1 Å². The van der Waals surface area contributed by atoms with Gasteiger partial charge in [-0.15, -0.1) is 11.3 Å². The molecular formula is C22H23N3O5S. The van der Waals surface area contributed by atoms with Crippen molar-refractivity contribution in [2.24, 2.45) is 0 Å². The Morgan fingerprint density at radius 3 is 2.29 bits per heavy atom. The van der Waals surface area contributed by atoms with E-state index >= 15 is 0 Å². The molecule has 1 aromatic heterocycles. The van der Waals surface area contributed by atoms with Gasteiger partial charge in [-0.2, -0.15) is 0 Å². The van der Waals surface area contributed by atoms with E-state index in [2.05, 4.69) is 5.32 Å². The Labute approximate surface area is 184 Å². The van der Waals surface area contributed by atoms with Crippen LogP contribution >= 0.6 is 11.3 Å². The Morgan fingerprint density at radius 2 is 1.68 bits per heavy atom. The average molecular weight is 442 g/mol. The molecule has 0 saturated carbocycles. The van der Waals surface area contributed by atoms with E-state index in [-0.39, 0.29) is 17.5 Å². The summed E-state index contributed by atoms with van der Waals surface area (Å²) in [6.45, 7) is 2.42. The molecule has 9 heteroatoms. The maximum Gasteiger partial charge on any atom is 0.355 e. The van der Waals surface area contributed by atoms with E-state index in [1.165, 1.54) is 24.3 Å². The number of nitrogens with zero attached hydrogens (tertiary/aromatic N) is 2. The van der Waals surface area contributed by atoms with Crippen LogP contribution in [0, 0.1) is 0 Å². The van der Waals surface area contributed by atoms with Gasteiger partial charge in [-0.3, -0.25) is 14.4 Å². The van der Waals surface area contributed by atoms with Gasteiger partial charge in [-0.1, -0.05) is 36.4 Å². The zero-order valence-corrected chi connectivity index (χ0v) is 17.9. The van der Waals surface area contributed by atoms with Gasteiger partial charge in [-0.05, 0) is 23.1 Å². The number of hydrogen-bond donors (Lipinski definition) is 1. The molecule has 1 N–H and O–H groups in total. The molecule has 162 valence electrons. The van der Waals surface area contributed by atoms with E-state index < -0.39 is 18.5 Å². The van der Waals surface area contributed by atoms with Crippen LogP contribution in [0.5, 0.6) is 0 Å². The SMILES string of the molecule is CC(=O)N/C(=C/c1ccccc1)C(=O)OCC(=O)N1CCN(C(=O)c2cccs2)CC1. The maximum atomic E-state index is 12.5. The van der Waals surface area contributed by atoms with Gasteiger partial charge in [0.15, 0.2) is 6.61 Å². The standard InChI is InChI=1S/C22H23N3O5S/c1-16(26)23-18(14-17-6-3-2-4-7-17)22(29)30-15-20(27)24-9-11-25(12-10-24)21(28)19-8-5-13-31-19/h2-8,13-14H,9-12,15H2,1H3,(H,23,26)/b18-14+. The Kier molecular flexibility index (Phi) is 7.55. The minimum absolute atomic E-state index is 0.0421. The highest BCUT2D eigenvalue weighted by Crippen LogP contribution is 2.14. The van der Waals surface area contributed by atoms with Gasteiger partial charge in [-0.25, -0.2) is 4.79 Å². The number of carbonyl (C=O) groups excluding carboxylic acids is 4. The zero-order valence-electron chi connectivity index (χ0n) is 17.1. The van der Waals surface area contributed by atoms with Crippen molar-refractivity contribution in [2.75, 3.05) is 32.8 Å².